The number of aromatic nitrogens is 3. The third-order valence-corrected chi connectivity index (χ3v) is 12.5. The highest BCUT2D eigenvalue weighted by atomic mass is 32.2. The lowest BCUT2D eigenvalue weighted by atomic mass is 10.00. The number of imidazole rings is 1. The van der Waals surface area contributed by atoms with Gasteiger partial charge in [-0.15, -0.1) is 0 Å². The maximum atomic E-state index is 14.1. The van der Waals surface area contributed by atoms with E-state index in [9.17, 15) is 53.1 Å². The maximum absolute atomic E-state index is 14.1. The predicted molar refractivity (Wildman–Crippen MR) is 282 cm³/mol. The number of carbonyl (C=O) groups is 10. The molecule has 76 heavy (non-hydrogen) atoms. The minimum atomic E-state index is -1.68. The van der Waals surface area contributed by atoms with Gasteiger partial charge in [0.1, 0.15) is 42.3 Å². The first kappa shape index (κ1) is 60.7. The van der Waals surface area contributed by atoms with Crippen molar-refractivity contribution < 1.29 is 53.1 Å². The molecule has 0 radical (unpaired) electrons. The van der Waals surface area contributed by atoms with Crippen molar-refractivity contribution in [2.24, 2.45) is 23.1 Å². The van der Waals surface area contributed by atoms with Gasteiger partial charge >= 0.3 is 0 Å². The minimum Gasteiger partial charge on any atom is -0.391 e. The molecule has 2 aromatic heterocycles. The molecule has 0 aliphatic rings. The van der Waals surface area contributed by atoms with Crippen molar-refractivity contribution in [1.29, 1.82) is 0 Å². The molecule has 0 unspecified atom stereocenters. The summed E-state index contributed by atoms with van der Waals surface area (Å²) in [6.07, 6.45) is 4.36. The number of benzene rings is 2. The number of amides is 10. The Morgan fingerprint density at radius 1 is 0.658 bits per heavy atom. The van der Waals surface area contributed by atoms with E-state index in [1.807, 2.05) is 18.4 Å². The third-order valence-electron chi connectivity index (χ3n) is 11.9. The zero-order valence-electron chi connectivity index (χ0n) is 43.0. The summed E-state index contributed by atoms with van der Waals surface area (Å²) in [5.74, 6) is -7.97. The number of H-pyrrole nitrogens is 2. The zero-order valence-corrected chi connectivity index (χ0v) is 43.8. The van der Waals surface area contributed by atoms with E-state index in [2.05, 4.69) is 57.5 Å². The number of nitrogens with two attached hydrogens (primary N) is 3. The summed E-state index contributed by atoms with van der Waals surface area (Å²) in [4.78, 5) is 143. The Bertz CT molecular complexity index is 2630. The molecular formula is C50H70N14O11S. The van der Waals surface area contributed by atoms with Gasteiger partial charge in [-0.05, 0) is 61.8 Å². The number of hydrogen-bond acceptors (Lipinski definition) is 14. The van der Waals surface area contributed by atoms with Crippen LogP contribution in [0.5, 0.6) is 0 Å². The molecule has 412 valence electrons. The molecule has 0 aliphatic heterocycles. The van der Waals surface area contributed by atoms with Gasteiger partial charge in [-0.1, -0.05) is 62.4 Å². The Labute approximate surface area is 443 Å². The largest absolute Gasteiger partial charge is 0.391 e. The van der Waals surface area contributed by atoms with Gasteiger partial charge < -0.3 is 74.8 Å². The SMILES string of the molecule is CSCC[C@H](NC(=O)[C@H](Cc1ccccc1)NC(=O)[C@H](Cc1cnc[nH]1)NC(=O)CNC(=O)[C@@H](NC(=O)[C@H](C)NC(=O)[C@H](Cc1c[nH]c2ccccc12)NC(=O)[C@H](CC(C)C)NC(=O)[C@@H](N)CC(N)=O)[C@@H](C)O)C(N)=O. The fourth-order valence-corrected chi connectivity index (χ4v) is 8.30. The second-order valence-corrected chi connectivity index (χ2v) is 19.6. The monoisotopic (exact) mass is 1070 g/mol. The number of para-hydroxylation sites is 1. The van der Waals surface area contributed by atoms with E-state index in [0.29, 0.717) is 22.6 Å². The summed E-state index contributed by atoms with van der Waals surface area (Å²) in [7, 11) is 0. The van der Waals surface area contributed by atoms with Crippen molar-refractivity contribution in [3.8, 4) is 0 Å². The second-order valence-electron chi connectivity index (χ2n) is 18.7. The molecule has 0 aliphatic carbocycles. The number of primary amides is 2. The smallest absolute Gasteiger partial charge is 0.245 e. The highest BCUT2D eigenvalue weighted by Crippen LogP contribution is 2.20. The van der Waals surface area contributed by atoms with E-state index >= 15 is 0 Å². The lowest BCUT2D eigenvalue weighted by Crippen LogP contribution is -2.60. The maximum Gasteiger partial charge on any atom is 0.245 e. The number of thioether (sulfide) groups is 1. The predicted octanol–water partition coefficient (Wildman–Crippen LogP) is -2.68. The van der Waals surface area contributed by atoms with Crippen LogP contribution in [0.2, 0.25) is 0 Å². The molecule has 0 bridgehead atoms. The number of aromatic amines is 2. The van der Waals surface area contributed by atoms with E-state index in [0.717, 1.165) is 10.9 Å². The van der Waals surface area contributed by atoms with Gasteiger partial charge in [-0.2, -0.15) is 11.8 Å². The van der Waals surface area contributed by atoms with Crippen LogP contribution in [0.3, 0.4) is 0 Å². The average Bonchev–Trinajstić information content (AvgIpc) is 4.04. The molecule has 4 rings (SSSR count). The molecule has 4 aromatic rings. The summed E-state index contributed by atoms with van der Waals surface area (Å²) < 4.78 is 0. The van der Waals surface area contributed by atoms with E-state index < -0.39 is 126 Å². The van der Waals surface area contributed by atoms with Crippen LogP contribution in [0, 0.1) is 5.92 Å². The Balaban J connectivity index is 1.46. The van der Waals surface area contributed by atoms with Crippen molar-refractivity contribution in [2.45, 2.75) is 121 Å². The summed E-state index contributed by atoms with van der Waals surface area (Å²) >= 11 is 1.45. The standard InChI is InChI=1S/C50H70N14O11S/c1-26(2)17-36(61-45(70)33(51)21-40(52)66)47(72)63-38(19-30-22-55-34-14-10-9-13-32(30)34)46(71)58-27(3)44(69)64-42(28(4)65)50(75)56-24-41(67)59-39(20-31-23-54-25-57-31)49(74)62-37(18-29-11-7-6-8-12-29)48(73)60-35(43(53)68)15-16-76-5/h6-14,22-23,25-28,33,35-39,42,55,65H,15-21,24,51H2,1-5H3,(H2,52,66)(H2,53,68)(H,54,57)(H,56,75)(H,58,71)(H,59,67)(H,60,73)(H,61,70)(H,62,74)(H,63,72)(H,64,69)/t27-,28+,33-,35-,36-,37-,38-,39-,42-/m0/s1. The van der Waals surface area contributed by atoms with Gasteiger partial charge in [0.2, 0.25) is 59.1 Å². The fraction of sp³-hybridized carbons (Fsp3) is 0.460. The number of carbonyl (C=O) groups excluding carboxylic acids is 10. The van der Waals surface area contributed by atoms with E-state index in [1.165, 1.54) is 38.1 Å². The number of aliphatic hydroxyl groups excluding tert-OH is 1. The molecule has 0 fully saturated rings. The normalized spacial score (nSPS) is 14.7. The van der Waals surface area contributed by atoms with Gasteiger partial charge in [0.25, 0.3) is 0 Å². The van der Waals surface area contributed by atoms with Crippen LogP contribution in [0.15, 0.2) is 73.3 Å². The average molecular weight is 1080 g/mol. The van der Waals surface area contributed by atoms with Crippen LogP contribution < -0.4 is 59.7 Å². The molecule has 17 N–H and O–H groups in total. The van der Waals surface area contributed by atoms with Crippen molar-refractivity contribution in [3.63, 3.8) is 0 Å². The van der Waals surface area contributed by atoms with E-state index in [1.54, 1.807) is 62.5 Å². The van der Waals surface area contributed by atoms with E-state index in [4.69, 9.17) is 17.2 Å². The fourth-order valence-electron chi connectivity index (χ4n) is 7.83. The van der Waals surface area contributed by atoms with Crippen LogP contribution >= 0.6 is 11.8 Å². The van der Waals surface area contributed by atoms with Crippen LogP contribution in [0.1, 0.15) is 63.8 Å². The molecule has 0 saturated heterocycles. The summed E-state index contributed by atoms with van der Waals surface area (Å²) in [6, 6.07) is 5.40. The lowest BCUT2D eigenvalue weighted by Gasteiger charge is -2.27. The van der Waals surface area contributed by atoms with Gasteiger partial charge in [0.05, 0.1) is 31.4 Å². The molecule has 0 saturated carbocycles. The molecular weight excluding hydrogens is 1000 g/mol. The first-order valence-corrected chi connectivity index (χ1v) is 25.9. The molecule has 25 nitrogen and oxygen atoms in total. The minimum absolute atomic E-state index is 0.00159. The number of nitrogens with zero attached hydrogens (tertiary/aromatic N) is 1. The molecule has 0 spiro atoms. The number of nitrogens with one attached hydrogen (secondary N) is 10. The van der Waals surface area contributed by atoms with Crippen molar-refractivity contribution in [2.75, 3.05) is 18.6 Å². The molecule has 10 amide bonds. The topological polar surface area (TPSA) is 410 Å². The van der Waals surface area contributed by atoms with Crippen LogP contribution in [0.25, 0.3) is 10.9 Å². The van der Waals surface area contributed by atoms with Gasteiger partial charge in [0.15, 0.2) is 0 Å². The van der Waals surface area contributed by atoms with Gasteiger partial charge in [-0.3, -0.25) is 47.9 Å². The van der Waals surface area contributed by atoms with Crippen molar-refractivity contribution in [3.05, 3.63) is 90.1 Å². The Morgan fingerprint density at radius 2 is 1.25 bits per heavy atom. The van der Waals surface area contributed by atoms with E-state index in [-0.39, 0.29) is 38.0 Å². The Hall–Kier alpha value is -7.84. The van der Waals surface area contributed by atoms with Gasteiger partial charge in [-0.25, -0.2) is 4.98 Å². The first-order chi connectivity index (χ1) is 36.1. The highest BCUT2D eigenvalue weighted by Gasteiger charge is 2.34. The number of hydrogen-bond donors (Lipinski definition) is 14. The zero-order chi connectivity index (χ0) is 56.1. The number of rotatable bonds is 31. The Kier molecular flexibility index (Phi) is 23.9. The van der Waals surface area contributed by atoms with Gasteiger partial charge in [0, 0.05) is 48.3 Å². The number of aliphatic hydroxyl groups is 1. The van der Waals surface area contributed by atoms with Crippen LogP contribution in [-0.2, 0) is 67.2 Å². The molecule has 2 aromatic carbocycles. The van der Waals surface area contributed by atoms with Crippen molar-refractivity contribution in [1.82, 2.24) is 57.5 Å². The summed E-state index contributed by atoms with van der Waals surface area (Å²) in [6.45, 7) is 5.34. The van der Waals surface area contributed by atoms with Crippen LogP contribution in [-0.4, -0.2) is 152 Å². The quantitative estimate of drug-likeness (QED) is 0.0244. The lowest BCUT2D eigenvalue weighted by molar-refractivity contribution is -0.136. The summed E-state index contributed by atoms with van der Waals surface area (Å²) in [5.41, 5.74) is 19.1. The van der Waals surface area contributed by atoms with Crippen LogP contribution in [0.4, 0.5) is 0 Å². The van der Waals surface area contributed by atoms with Crippen molar-refractivity contribution >= 4 is 81.7 Å². The highest BCUT2D eigenvalue weighted by molar-refractivity contribution is 7.98. The molecule has 9 atom stereocenters. The molecule has 2 heterocycles. The first-order valence-electron chi connectivity index (χ1n) is 24.5. The Morgan fingerprint density at radius 3 is 1.86 bits per heavy atom. The summed E-state index contributed by atoms with van der Waals surface area (Å²) in [5, 5.41) is 31.7. The third kappa shape index (κ3) is 19.5. The second kappa shape index (κ2) is 29.9. The molecule has 26 heteroatoms. The number of fused-ring (bicyclic) bond motifs is 1.